The molecule has 14 heavy (non-hydrogen) atoms. The highest BCUT2D eigenvalue weighted by molar-refractivity contribution is 5.84. The highest BCUT2D eigenvalue weighted by Crippen LogP contribution is 2.17. The number of rotatable bonds is 6. The first-order valence-electron chi connectivity index (χ1n) is 5.09. The van der Waals surface area contributed by atoms with E-state index < -0.39 is 11.9 Å². The van der Waals surface area contributed by atoms with Crippen LogP contribution in [0.4, 0.5) is 0 Å². The lowest BCUT2D eigenvalue weighted by atomic mass is 9.89. The Hall–Kier alpha value is -0.860. The van der Waals surface area contributed by atoms with Crippen molar-refractivity contribution in [3.05, 3.63) is 0 Å². The van der Waals surface area contributed by atoms with E-state index in [1.807, 2.05) is 27.7 Å². The molecule has 1 N–H and O–H groups in total. The van der Waals surface area contributed by atoms with Crippen molar-refractivity contribution >= 4 is 11.8 Å². The van der Waals surface area contributed by atoms with Crippen molar-refractivity contribution in [3.8, 4) is 0 Å². The maximum atomic E-state index is 11.4. The first-order chi connectivity index (χ1) is 6.34. The minimum atomic E-state index is -0.864. The van der Waals surface area contributed by atoms with Gasteiger partial charge in [0.15, 0.2) is 0 Å². The van der Waals surface area contributed by atoms with Crippen molar-refractivity contribution in [2.75, 3.05) is 0 Å². The summed E-state index contributed by atoms with van der Waals surface area (Å²) < 4.78 is 0. The molecule has 0 bridgehead atoms. The highest BCUT2D eigenvalue weighted by atomic mass is 16.4. The van der Waals surface area contributed by atoms with Gasteiger partial charge < -0.3 is 5.11 Å². The molecule has 0 amide bonds. The molecular weight excluding hydrogens is 180 g/mol. The van der Waals surface area contributed by atoms with Gasteiger partial charge in [0.1, 0.15) is 5.78 Å². The fraction of sp³-hybridized carbons (Fsp3) is 0.818. The molecule has 0 aliphatic rings. The molecule has 3 nitrogen and oxygen atoms in total. The van der Waals surface area contributed by atoms with E-state index in [-0.39, 0.29) is 18.1 Å². The molecule has 0 heterocycles. The van der Waals surface area contributed by atoms with Crippen molar-refractivity contribution in [3.63, 3.8) is 0 Å². The Morgan fingerprint density at radius 3 is 1.86 bits per heavy atom. The van der Waals surface area contributed by atoms with Gasteiger partial charge in [-0.15, -0.1) is 0 Å². The van der Waals surface area contributed by atoms with Crippen LogP contribution in [0.25, 0.3) is 0 Å². The quantitative estimate of drug-likeness (QED) is 0.716. The third-order valence-corrected chi connectivity index (χ3v) is 2.21. The first-order valence-corrected chi connectivity index (χ1v) is 5.09. The molecule has 0 saturated heterocycles. The summed E-state index contributed by atoms with van der Waals surface area (Å²) in [6.45, 7) is 7.59. The second kappa shape index (κ2) is 5.78. The van der Waals surface area contributed by atoms with E-state index in [1.165, 1.54) is 0 Å². The molecule has 0 radical (unpaired) electrons. The van der Waals surface area contributed by atoms with E-state index in [0.717, 1.165) is 0 Å². The van der Waals surface area contributed by atoms with E-state index in [2.05, 4.69) is 0 Å². The Kier molecular flexibility index (Phi) is 5.43. The number of ketones is 1. The summed E-state index contributed by atoms with van der Waals surface area (Å²) in [5.74, 6) is -1.01. The fourth-order valence-corrected chi connectivity index (χ4v) is 1.39. The lowest BCUT2D eigenvalue weighted by molar-refractivity contribution is -0.145. The van der Waals surface area contributed by atoms with Crippen LogP contribution in [0.2, 0.25) is 0 Å². The number of carboxylic acid groups (broad SMARTS) is 1. The van der Waals surface area contributed by atoms with Crippen molar-refractivity contribution in [1.29, 1.82) is 0 Å². The third-order valence-electron chi connectivity index (χ3n) is 2.21. The van der Waals surface area contributed by atoms with Crippen LogP contribution in [-0.2, 0) is 9.59 Å². The average Bonchev–Trinajstić information content (AvgIpc) is 1.97. The molecule has 0 fully saturated rings. The number of carbonyl (C=O) groups is 2. The van der Waals surface area contributed by atoms with Gasteiger partial charge in [-0.25, -0.2) is 0 Å². The van der Waals surface area contributed by atoms with Crippen LogP contribution in [0.5, 0.6) is 0 Å². The number of carboxylic acids is 1. The Bertz CT molecular complexity index is 207. The maximum absolute atomic E-state index is 11.4. The second-order valence-corrected chi connectivity index (χ2v) is 4.53. The van der Waals surface area contributed by atoms with Gasteiger partial charge in [-0.05, 0) is 11.8 Å². The van der Waals surface area contributed by atoms with E-state index in [4.69, 9.17) is 5.11 Å². The van der Waals surface area contributed by atoms with Gasteiger partial charge in [-0.3, -0.25) is 9.59 Å². The van der Waals surface area contributed by atoms with Crippen LogP contribution in [0, 0.1) is 17.8 Å². The van der Waals surface area contributed by atoms with Crippen molar-refractivity contribution in [2.24, 2.45) is 17.8 Å². The summed E-state index contributed by atoms with van der Waals surface area (Å²) in [7, 11) is 0. The topological polar surface area (TPSA) is 54.4 Å². The maximum Gasteiger partial charge on any atom is 0.307 e. The predicted molar refractivity (Wildman–Crippen MR) is 55.0 cm³/mol. The Labute approximate surface area is 85.5 Å². The Morgan fingerprint density at radius 2 is 1.57 bits per heavy atom. The number of carbonyl (C=O) groups excluding carboxylic acids is 1. The van der Waals surface area contributed by atoms with Crippen LogP contribution >= 0.6 is 0 Å². The normalized spacial score (nSPS) is 13.3. The monoisotopic (exact) mass is 200 g/mol. The summed E-state index contributed by atoms with van der Waals surface area (Å²) in [5.41, 5.74) is 0. The SMILES string of the molecule is CC(C)CC(=O)C[C@@H](C(=O)O)C(C)C. The summed E-state index contributed by atoms with van der Waals surface area (Å²) in [6, 6.07) is 0. The molecule has 0 aliphatic carbocycles. The van der Waals surface area contributed by atoms with Gasteiger partial charge in [-0.2, -0.15) is 0 Å². The summed E-state index contributed by atoms with van der Waals surface area (Å²) >= 11 is 0. The molecule has 0 unspecified atom stereocenters. The smallest absolute Gasteiger partial charge is 0.307 e. The summed E-state index contributed by atoms with van der Waals surface area (Å²) in [6.07, 6.45) is 0.654. The van der Waals surface area contributed by atoms with Gasteiger partial charge in [0.25, 0.3) is 0 Å². The van der Waals surface area contributed by atoms with Crippen LogP contribution in [0.15, 0.2) is 0 Å². The zero-order chi connectivity index (χ0) is 11.3. The van der Waals surface area contributed by atoms with E-state index in [1.54, 1.807) is 0 Å². The van der Waals surface area contributed by atoms with Crippen molar-refractivity contribution in [1.82, 2.24) is 0 Å². The summed E-state index contributed by atoms with van der Waals surface area (Å²) in [5, 5.41) is 8.87. The second-order valence-electron chi connectivity index (χ2n) is 4.53. The zero-order valence-electron chi connectivity index (χ0n) is 9.41. The average molecular weight is 200 g/mol. The number of hydrogen-bond donors (Lipinski definition) is 1. The van der Waals surface area contributed by atoms with Crippen LogP contribution in [-0.4, -0.2) is 16.9 Å². The Morgan fingerprint density at radius 1 is 1.07 bits per heavy atom. The lowest BCUT2D eigenvalue weighted by Gasteiger charge is -2.15. The molecule has 82 valence electrons. The van der Waals surface area contributed by atoms with Gasteiger partial charge in [-0.1, -0.05) is 27.7 Å². The number of hydrogen-bond acceptors (Lipinski definition) is 2. The summed E-state index contributed by atoms with van der Waals surface area (Å²) in [4.78, 5) is 22.2. The largest absolute Gasteiger partial charge is 0.481 e. The van der Waals surface area contributed by atoms with Crippen molar-refractivity contribution < 1.29 is 14.7 Å². The lowest BCUT2D eigenvalue weighted by Crippen LogP contribution is -2.23. The van der Waals surface area contributed by atoms with Crippen molar-refractivity contribution in [2.45, 2.75) is 40.5 Å². The van der Waals surface area contributed by atoms with Gasteiger partial charge >= 0.3 is 5.97 Å². The minimum Gasteiger partial charge on any atom is -0.481 e. The van der Waals surface area contributed by atoms with Crippen LogP contribution < -0.4 is 0 Å². The number of aliphatic carboxylic acids is 1. The van der Waals surface area contributed by atoms with Gasteiger partial charge in [0, 0.05) is 12.8 Å². The van der Waals surface area contributed by atoms with Crippen LogP contribution in [0.3, 0.4) is 0 Å². The molecule has 0 aromatic rings. The van der Waals surface area contributed by atoms with Gasteiger partial charge in [0.2, 0.25) is 0 Å². The molecule has 3 heteroatoms. The molecule has 0 rings (SSSR count). The highest BCUT2D eigenvalue weighted by Gasteiger charge is 2.24. The standard InChI is InChI=1S/C11H20O3/c1-7(2)5-9(12)6-10(8(3)4)11(13)14/h7-8,10H,5-6H2,1-4H3,(H,13,14)/t10-/m1/s1. The van der Waals surface area contributed by atoms with Crippen LogP contribution in [0.1, 0.15) is 40.5 Å². The molecule has 0 aromatic carbocycles. The van der Waals surface area contributed by atoms with E-state index >= 15 is 0 Å². The molecule has 1 atom stereocenters. The van der Waals surface area contributed by atoms with E-state index in [9.17, 15) is 9.59 Å². The molecule has 0 aliphatic heterocycles. The number of Topliss-reactive ketones (excluding diaryl/α,β-unsaturated/α-hetero) is 1. The zero-order valence-corrected chi connectivity index (χ0v) is 9.41. The third kappa shape index (κ3) is 5.00. The first kappa shape index (κ1) is 13.1. The molecular formula is C11H20O3. The Balaban J connectivity index is 4.17. The molecule has 0 spiro atoms. The van der Waals surface area contributed by atoms with Gasteiger partial charge in [0.05, 0.1) is 5.92 Å². The molecule has 0 aromatic heterocycles. The fourth-order valence-electron chi connectivity index (χ4n) is 1.39. The van der Waals surface area contributed by atoms with E-state index in [0.29, 0.717) is 12.3 Å². The predicted octanol–water partition coefficient (Wildman–Crippen LogP) is 2.35. The minimum absolute atomic E-state index is 0.0172. The molecule has 0 saturated carbocycles.